The van der Waals surface area contributed by atoms with Gasteiger partial charge >= 0.3 is 0 Å². The first kappa shape index (κ1) is 13.3. The van der Waals surface area contributed by atoms with Crippen LogP contribution in [0.3, 0.4) is 0 Å². The normalized spacial score (nSPS) is 11.5. The van der Waals surface area contributed by atoms with E-state index in [1.807, 2.05) is 0 Å². The molecule has 0 aromatic heterocycles. The summed E-state index contributed by atoms with van der Waals surface area (Å²) in [5.41, 5.74) is 0.201. The molecule has 6 nitrogen and oxygen atoms in total. The van der Waals surface area contributed by atoms with Gasteiger partial charge < -0.3 is 10.4 Å². The van der Waals surface area contributed by atoms with Crippen LogP contribution in [-0.2, 0) is 14.9 Å². The third-order valence-corrected chi connectivity index (χ3v) is 3.42. The van der Waals surface area contributed by atoms with Crippen molar-refractivity contribution >= 4 is 32.5 Å². The second kappa shape index (κ2) is 4.52. The monoisotopic (exact) mass is 281 g/mol. The van der Waals surface area contributed by atoms with Gasteiger partial charge in [-0.1, -0.05) is 12.1 Å². The second-order valence-electron chi connectivity index (χ2n) is 4.00. The van der Waals surface area contributed by atoms with E-state index in [4.69, 9.17) is 4.55 Å². The number of carbonyl (C=O) groups excluding carboxylic acids is 1. The number of hydrogen-bond donors (Lipinski definition) is 3. The quantitative estimate of drug-likeness (QED) is 0.574. The average Bonchev–Trinajstić information content (AvgIpc) is 2.30. The van der Waals surface area contributed by atoms with E-state index in [1.165, 1.54) is 37.3 Å². The molecule has 0 saturated carbocycles. The maximum atomic E-state index is 11.1. The van der Waals surface area contributed by atoms with Crippen LogP contribution in [-0.4, -0.2) is 24.0 Å². The van der Waals surface area contributed by atoms with E-state index >= 15 is 0 Å². The number of phenols is 1. The van der Waals surface area contributed by atoms with Crippen LogP contribution in [0.15, 0.2) is 35.2 Å². The number of fused-ring (bicyclic) bond motifs is 1. The SMILES string of the molecule is CC(=O)Nc1c(O)ccc2cc(S(=O)(=O)O)ccc12. The second-order valence-corrected chi connectivity index (χ2v) is 5.42. The number of aromatic hydroxyl groups is 1. The zero-order valence-electron chi connectivity index (χ0n) is 9.91. The number of hydrogen-bond acceptors (Lipinski definition) is 4. The summed E-state index contributed by atoms with van der Waals surface area (Å²) in [7, 11) is -4.29. The lowest BCUT2D eigenvalue weighted by Crippen LogP contribution is -2.06. The van der Waals surface area contributed by atoms with E-state index < -0.39 is 10.1 Å². The molecule has 100 valence electrons. The van der Waals surface area contributed by atoms with Crippen LogP contribution in [0.2, 0.25) is 0 Å². The Hall–Kier alpha value is -2.12. The summed E-state index contributed by atoms with van der Waals surface area (Å²) in [5, 5.41) is 13.1. The van der Waals surface area contributed by atoms with Crippen molar-refractivity contribution in [2.24, 2.45) is 0 Å². The minimum atomic E-state index is -4.29. The Balaban J connectivity index is 2.71. The molecule has 2 aromatic rings. The van der Waals surface area contributed by atoms with E-state index in [9.17, 15) is 18.3 Å². The maximum Gasteiger partial charge on any atom is 0.294 e. The minimum Gasteiger partial charge on any atom is -0.506 e. The Bertz CT molecular complexity index is 767. The summed E-state index contributed by atoms with van der Waals surface area (Å²) in [4.78, 5) is 10.8. The van der Waals surface area contributed by atoms with Crippen molar-refractivity contribution in [2.45, 2.75) is 11.8 Å². The summed E-state index contributed by atoms with van der Waals surface area (Å²) >= 11 is 0. The van der Waals surface area contributed by atoms with Gasteiger partial charge in [0.2, 0.25) is 5.91 Å². The minimum absolute atomic E-state index is 0.123. The highest BCUT2D eigenvalue weighted by atomic mass is 32.2. The summed E-state index contributed by atoms with van der Waals surface area (Å²) in [6.07, 6.45) is 0. The van der Waals surface area contributed by atoms with E-state index in [2.05, 4.69) is 5.32 Å². The van der Waals surface area contributed by atoms with Gasteiger partial charge in [-0.3, -0.25) is 9.35 Å². The van der Waals surface area contributed by atoms with Gasteiger partial charge in [0, 0.05) is 12.3 Å². The molecule has 19 heavy (non-hydrogen) atoms. The Morgan fingerprint density at radius 3 is 2.47 bits per heavy atom. The molecule has 2 aromatic carbocycles. The van der Waals surface area contributed by atoms with Crippen LogP contribution in [0, 0.1) is 0 Å². The van der Waals surface area contributed by atoms with E-state index in [0.29, 0.717) is 10.8 Å². The molecule has 7 heteroatoms. The number of benzene rings is 2. The Morgan fingerprint density at radius 1 is 1.21 bits per heavy atom. The van der Waals surface area contributed by atoms with Crippen molar-refractivity contribution in [1.82, 2.24) is 0 Å². The number of carbonyl (C=O) groups is 1. The highest BCUT2D eigenvalue weighted by Gasteiger charge is 2.13. The van der Waals surface area contributed by atoms with Crippen molar-refractivity contribution in [3.8, 4) is 5.75 Å². The molecule has 1 amide bonds. The van der Waals surface area contributed by atoms with Gasteiger partial charge in [-0.2, -0.15) is 8.42 Å². The lowest BCUT2D eigenvalue weighted by Gasteiger charge is -2.10. The van der Waals surface area contributed by atoms with Crippen LogP contribution in [0.1, 0.15) is 6.92 Å². The molecule has 2 rings (SSSR count). The maximum absolute atomic E-state index is 11.1. The lowest BCUT2D eigenvalue weighted by atomic mass is 10.1. The van der Waals surface area contributed by atoms with Gasteiger partial charge in [0.05, 0.1) is 10.6 Å². The fourth-order valence-corrected chi connectivity index (χ4v) is 2.28. The van der Waals surface area contributed by atoms with Gasteiger partial charge in [0.15, 0.2) is 0 Å². The zero-order valence-corrected chi connectivity index (χ0v) is 10.7. The summed E-state index contributed by atoms with van der Waals surface area (Å²) < 4.78 is 31.1. The first-order chi connectivity index (χ1) is 8.79. The highest BCUT2D eigenvalue weighted by molar-refractivity contribution is 7.85. The number of phenolic OH excluding ortho intramolecular Hbond substituents is 1. The predicted octanol–water partition coefficient (Wildman–Crippen LogP) is 1.75. The average molecular weight is 281 g/mol. The molecule has 0 aliphatic carbocycles. The molecular formula is C12H11NO5S. The van der Waals surface area contributed by atoms with Crippen molar-refractivity contribution in [3.05, 3.63) is 30.3 Å². The molecule has 0 unspecified atom stereocenters. The standard InChI is InChI=1S/C12H11NO5S/c1-7(14)13-12-10-4-3-9(19(16,17)18)6-8(10)2-5-11(12)15/h2-6,15H,1H3,(H,13,14)(H,16,17,18). The molecule has 0 heterocycles. The summed E-state index contributed by atoms with van der Waals surface area (Å²) in [5.74, 6) is -0.482. The van der Waals surface area contributed by atoms with Crippen LogP contribution in [0.25, 0.3) is 10.8 Å². The first-order valence-electron chi connectivity index (χ1n) is 5.30. The third-order valence-electron chi connectivity index (χ3n) is 2.57. The molecule has 0 radical (unpaired) electrons. The van der Waals surface area contributed by atoms with E-state index in [1.54, 1.807) is 0 Å². The first-order valence-corrected chi connectivity index (χ1v) is 6.74. The lowest BCUT2D eigenvalue weighted by molar-refractivity contribution is -0.114. The van der Waals surface area contributed by atoms with Crippen molar-refractivity contribution in [3.63, 3.8) is 0 Å². The largest absolute Gasteiger partial charge is 0.506 e. The molecule has 0 fully saturated rings. The number of amides is 1. The van der Waals surface area contributed by atoms with E-state index in [0.717, 1.165) is 0 Å². The molecule has 0 aliphatic rings. The molecule has 0 aliphatic heterocycles. The number of anilines is 1. The topological polar surface area (TPSA) is 104 Å². The molecular weight excluding hydrogens is 270 g/mol. The number of nitrogens with one attached hydrogen (secondary N) is 1. The van der Waals surface area contributed by atoms with E-state index in [-0.39, 0.29) is 22.2 Å². The third kappa shape index (κ3) is 2.67. The van der Waals surface area contributed by atoms with Gasteiger partial charge in [0.1, 0.15) is 5.75 Å². The predicted molar refractivity (Wildman–Crippen MR) is 69.7 cm³/mol. The van der Waals surface area contributed by atoms with Crippen LogP contribution in [0.4, 0.5) is 5.69 Å². The summed E-state index contributed by atoms with van der Waals surface area (Å²) in [6.45, 7) is 1.30. The smallest absolute Gasteiger partial charge is 0.294 e. The van der Waals surface area contributed by atoms with Crippen molar-refractivity contribution in [2.75, 3.05) is 5.32 Å². The number of rotatable bonds is 2. The van der Waals surface area contributed by atoms with Crippen LogP contribution < -0.4 is 5.32 Å². The van der Waals surface area contributed by atoms with Gasteiger partial charge in [0.25, 0.3) is 10.1 Å². The fraction of sp³-hybridized carbons (Fsp3) is 0.0833. The molecule has 0 bridgehead atoms. The molecule has 0 atom stereocenters. The molecule has 3 N–H and O–H groups in total. The summed E-state index contributed by atoms with van der Waals surface area (Å²) in [6, 6.07) is 6.69. The Morgan fingerprint density at radius 2 is 1.89 bits per heavy atom. The highest BCUT2D eigenvalue weighted by Crippen LogP contribution is 2.33. The fourth-order valence-electron chi connectivity index (χ4n) is 1.76. The Kier molecular flexibility index (Phi) is 3.17. The van der Waals surface area contributed by atoms with Gasteiger partial charge in [-0.25, -0.2) is 0 Å². The van der Waals surface area contributed by atoms with Crippen LogP contribution in [0.5, 0.6) is 5.75 Å². The van der Waals surface area contributed by atoms with Gasteiger partial charge in [-0.15, -0.1) is 0 Å². The van der Waals surface area contributed by atoms with Crippen molar-refractivity contribution in [1.29, 1.82) is 0 Å². The van der Waals surface area contributed by atoms with Gasteiger partial charge in [-0.05, 0) is 23.6 Å². The molecule has 0 spiro atoms. The molecule has 0 saturated heterocycles. The Labute approximate surface area is 109 Å². The van der Waals surface area contributed by atoms with Crippen LogP contribution >= 0.6 is 0 Å². The van der Waals surface area contributed by atoms with Crippen molar-refractivity contribution < 1.29 is 22.9 Å². The zero-order chi connectivity index (χ0) is 14.2.